The Morgan fingerprint density at radius 2 is 1.85 bits per heavy atom. The van der Waals surface area contributed by atoms with Crippen molar-refractivity contribution in [1.29, 1.82) is 0 Å². The van der Waals surface area contributed by atoms with Crippen molar-refractivity contribution in [1.82, 2.24) is 4.90 Å². The van der Waals surface area contributed by atoms with Crippen LogP contribution in [0.1, 0.15) is 18.1 Å². The molecule has 2 aromatic carbocycles. The van der Waals surface area contributed by atoms with Crippen molar-refractivity contribution in [3.63, 3.8) is 0 Å². The fourth-order valence-corrected chi connectivity index (χ4v) is 3.14. The van der Waals surface area contributed by atoms with Crippen molar-refractivity contribution >= 4 is 5.91 Å². The van der Waals surface area contributed by atoms with Crippen LogP contribution in [0.5, 0.6) is 5.75 Å². The molecular formula is C21H25NO4. The van der Waals surface area contributed by atoms with Crippen LogP contribution < -0.4 is 4.74 Å². The molecule has 1 N–H and O–H groups in total. The van der Waals surface area contributed by atoms with Crippen LogP contribution in [0, 0.1) is 0 Å². The first-order valence-corrected chi connectivity index (χ1v) is 8.99. The van der Waals surface area contributed by atoms with Gasteiger partial charge in [0.2, 0.25) is 5.91 Å². The second kappa shape index (κ2) is 8.83. The number of ether oxygens (including phenoxy) is 2. The van der Waals surface area contributed by atoms with Crippen LogP contribution in [0.2, 0.25) is 0 Å². The summed E-state index contributed by atoms with van der Waals surface area (Å²) in [5.41, 5.74) is 1.93. The van der Waals surface area contributed by atoms with Crippen molar-refractivity contribution in [2.75, 3.05) is 19.7 Å². The number of aliphatic hydroxyl groups is 1. The van der Waals surface area contributed by atoms with Crippen LogP contribution >= 0.6 is 0 Å². The summed E-state index contributed by atoms with van der Waals surface area (Å²) >= 11 is 0. The summed E-state index contributed by atoms with van der Waals surface area (Å²) < 4.78 is 11.4. The predicted molar refractivity (Wildman–Crippen MR) is 98.9 cm³/mol. The summed E-state index contributed by atoms with van der Waals surface area (Å²) in [4.78, 5) is 14.3. The Balaban J connectivity index is 1.62. The Hall–Kier alpha value is -2.37. The zero-order valence-electron chi connectivity index (χ0n) is 15.0. The molecule has 2 aromatic rings. The lowest BCUT2D eigenvalue weighted by Gasteiger charge is -2.17. The number of carbonyl (C=O) groups excluding carboxylic acids is 1. The first-order valence-electron chi connectivity index (χ1n) is 8.99. The quantitative estimate of drug-likeness (QED) is 0.829. The third-order valence-electron chi connectivity index (χ3n) is 4.52. The molecule has 0 saturated carbocycles. The van der Waals surface area contributed by atoms with Gasteiger partial charge in [0, 0.05) is 25.3 Å². The minimum Gasteiger partial charge on any atom is -0.489 e. The standard InChI is InChI=1S/C21H25NO4/c1-2-25-20-14-22(13-18(20)23)21(24)12-17-10-6-7-11-19(17)26-15-16-8-4-3-5-9-16/h3-11,18,20,23H,2,12-15H2,1H3/t18-,20-/m0/s1. The number of amides is 1. The maximum Gasteiger partial charge on any atom is 0.227 e. The molecule has 138 valence electrons. The largest absolute Gasteiger partial charge is 0.489 e. The van der Waals surface area contributed by atoms with E-state index in [1.165, 1.54) is 0 Å². The summed E-state index contributed by atoms with van der Waals surface area (Å²) in [5, 5.41) is 10.0. The highest BCUT2D eigenvalue weighted by Gasteiger charge is 2.34. The fourth-order valence-electron chi connectivity index (χ4n) is 3.14. The number of β-amino-alcohol motifs (C(OH)–C–C–N with tert-alkyl or cyclic N) is 1. The Bertz CT molecular complexity index is 719. The molecule has 1 aliphatic rings. The van der Waals surface area contributed by atoms with Crippen molar-refractivity contribution < 1.29 is 19.4 Å². The van der Waals surface area contributed by atoms with Crippen molar-refractivity contribution in [3.8, 4) is 5.75 Å². The Morgan fingerprint density at radius 1 is 1.12 bits per heavy atom. The van der Waals surface area contributed by atoms with Gasteiger partial charge >= 0.3 is 0 Å². The average Bonchev–Trinajstić information content (AvgIpc) is 3.03. The summed E-state index contributed by atoms with van der Waals surface area (Å²) in [6.07, 6.45) is -0.673. The molecule has 26 heavy (non-hydrogen) atoms. The molecule has 2 atom stereocenters. The molecule has 0 radical (unpaired) electrons. The normalized spacial score (nSPS) is 19.5. The molecule has 0 spiro atoms. The van der Waals surface area contributed by atoms with E-state index in [0.29, 0.717) is 32.1 Å². The summed E-state index contributed by atoms with van der Waals surface area (Å²) in [7, 11) is 0. The van der Waals surface area contributed by atoms with E-state index in [1.807, 2.05) is 61.5 Å². The number of aliphatic hydroxyl groups excluding tert-OH is 1. The first kappa shape index (κ1) is 18.4. The molecule has 1 fully saturated rings. The minimum absolute atomic E-state index is 0.0259. The van der Waals surface area contributed by atoms with Gasteiger partial charge in [-0.2, -0.15) is 0 Å². The number of hydrogen-bond acceptors (Lipinski definition) is 4. The van der Waals surface area contributed by atoms with Crippen LogP contribution in [-0.2, 0) is 22.6 Å². The Kier molecular flexibility index (Phi) is 6.26. The molecular weight excluding hydrogens is 330 g/mol. The van der Waals surface area contributed by atoms with Crippen molar-refractivity contribution in [2.45, 2.75) is 32.2 Å². The number of nitrogens with zero attached hydrogens (tertiary/aromatic N) is 1. The summed E-state index contributed by atoms with van der Waals surface area (Å²) in [5.74, 6) is 0.688. The van der Waals surface area contributed by atoms with Gasteiger partial charge in [0.25, 0.3) is 0 Å². The maximum absolute atomic E-state index is 12.6. The molecule has 0 unspecified atom stereocenters. The third-order valence-corrected chi connectivity index (χ3v) is 4.52. The third kappa shape index (κ3) is 4.62. The Labute approximate surface area is 154 Å². The highest BCUT2D eigenvalue weighted by Crippen LogP contribution is 2.22. The fraction of sp³-hybridized carbons (Fsp3) is 0.381. The topological polar surface area (TPSA) is 59.0 Å². The number of likely N-dealkylation sites (tertiary alicyclic amines) is 1. The van der Waals surface area contributed by atoms with E-state index < -0.39 is 6.10 Å². The second-order valence-electron chi connectivity index (χ2n) is 6.42. The zero-order chi connectivity index (χ0) is 18.4. The van der Waals surface area contributed by atoms with E-state index >= 15 is 0 Å². The first-order chi connectivity index (χ1) is 12.7. The van der Waals surface area contributed by atoms with Gasteiger partial charge in [-0.15, -0.1) is 0 Å². The van der Waals surface area contributed by atoms with Gasteiger partial charge in [-0.25, -0.2) is 0 Å². The van der Waals surface area contributed by atoms with Crippen LogP contribution in [0.25, 0.3) is 0 Å². The van der Waals surface area contributed by atoms with Crippen LogP contribution in [0.3, 0.4) is 0 Å². The summed E-state index contributed by atoms with van der Waals surface area (Å²) in [6.45, 7) is 3.62. The lowest BCUT2D eigenvalue weighted by Crippen LogP contribution is -2.31. The monoisotopic (exact) mass is 355 g/mol. The number of rotatable bonds is 7. The molecule has 5 nitrogen and oxygen atoms in total. The SMILES string of the molecule is CCO[C@H]1CN(C(=O)Cc2ccccc2OCc2ccccc2)C[C@@H]1O. The van der Waals surface area contributed by atoms with Gasteiger partial charge in [-0.3, -0.25) is 4.79 Å². The maximum atomic E-state index is 12.6. The van der Waals surface area contributed by atoms with E-state index in [9.17, 15) is 9.90 Å². The van der Waals surface area contributed by atoms with Gasteiger partial charge in [0.05, 0.1) is 12.5 Å². The van der Waals surface area contributed by atoms with Crippen LogP contribution in [0.4, 0.5) is 0 Å². The minimum atomic E-state index is -0.622. The van der Waals surface area contributed by atoms with E-state index in [1.54, 1.807) is 4.90 Å². The predicted octanol–water partition coefficient (Wildman–Crippen LogP) is 2.42. The number of hydrogen-bond donors (Lipinski definition) is 1. The van der Waals surface area contributed by atoms with E-state index in [4.69, 9.17) is 9.47 Å². The summed E-state index contributed by atoms with van der Waals surface area (Å²) in [6, 6.07) is 17.5. The van der Waals surface area contributed by atoms with Crippen LogP contribution in [-0.4, -0.2) is 47.8 Å². The lowest BCUT2D eigenvalue weighted by molar-refractivity contribution is -0.130. The molecule has 3 rings (SSSR count). The van der Waals surface area contributed by atoms with Gasteiger partial charge in [0.1, 0.15) is 18.5 Å². The number of para-hydroxylation sites is 1. The highest BCUT2D eigenvalue weighted by molar-refractivity contribution is 5.80. The highest BCUT2D eigenvalue weighted by atomic mass is 16.5. The van der Waals surface area contributed by atoms with E-state index in [2.05, 4.69) is 0 Å². The molecule has 1 amide bonds. The molecule has 5 heteroatoms. The number of carbonyl (C=O) groups is 1. The van der Waals surface area contributed by atoms with Gasteiger partial charge < -0.3 is 19.5 Å². The number of benzene rings is 2. The van der Waals surface area contributed by atoms with Gasteiger partial charge in [-0.05, 0) is 18.6 Å². The molecule has 1 aliphatic heterocycles. The van der Waals surface area contributed by atoms with Gasteiger partial charge in [0.15, 0.2) is 0 Å². The average molecular weight is 355 g/mol. The van der Waals surface area contributed by atoms with Crippen molar-refractivity contribution in [3.05, 3.63) is 65.7 Å². The molecule has 0 aromatic heterocycles. The van der Waals surface area contributed by atoms with E-state index in [0.717, 1.165) is 11.1 Å². The second-order valence-corrected chi connectivity index (χ2v) is 6.42. The van der Waals surface area contributed by atoms with Crippen LogP contribution in [0.15, 0.2) is 54.6 Å². The molecule has 0 aliphatic carbocycles. The molecule has 1 heterocycles. The molecule has 0 bridgehead atoms. The Morgan fingerprint density at radius 3 is 2.62 bits per heavy atom. The molecule has 1 saturated heterocycles. The van der Waals surface area contributed by atoms with Gasteiger partial charge in [-0.1, -0.05) is 48.5 Å². The van der Waals surface area contributed by atoms with E-state index in [-0.39, 0.29) is 18.4 Å². The zero-order valence-corrected chi connectivity index (χ0v) is 15.0. The lowest BCUT2D eigenvalue weighted by atomic mass is 10.1. The van der Waals surface area contributed by atoms with Crippen molar-refractivity contribution in [2.24, 2.45) is 0 Å². The smallest absolute Gasteiger partial charge is 0.227 e.